The van der Waals surface area contributed by atoms with Gasteiger partial charge in [-0.25, -0.2) is 14.8 Å². The highest BCUT2D eigenvalue weighted by Gasteiger charge is 2.07. The second-order valence-corrected chi connectivity index (χ2v) is 3.74. The van der Waals surface area contributed by atoms with E-state index in [1.165, 1.54) is 19.5 Å². The smallest absolute Gasteiger partial charge is 0.358 e. The lowest BCUT2D eigenvalue weighted by atomic mass is 10.3. The molecule has 1 heterocycles. The summed E-state index contributed by atoms with van der Waals surface area (Å²) in [5.41, 5.74) is 0.139. The van der Waals surface area contributed by atoms with Crippen molar-refractivity contribution in [3.05, 3.63) is 48.4 Å². The van der Waals surface area contributed by atoms with E-state index in [0.717, 1.165) is 5.75 Å². The second kappa shape index (κ2) is 7.08. The molecule has 0 aliphatic heterocycles. The van der Waals surface area contributed by atoms with Crippen LogP contribution < -0.4 is 9.47 Å². The number of hydrogen-bond donors (Lipinski definition) is 0. The molecule has 20 heavy (non-hydrogen) atoms. The maximum Gasteiger partial charge on any atom is 0.358 e. The Hall–Kier alpha value is -2.63. The van der Waals surface area contributed by atoms with E-state index in [0.29, 0.717) is 19.1 Å². The van der Waals surface area contributed by atoms with E-state index in [9.17, 15) is 4.79 Å². The van der Waals surface area contributed by atoms with Crippen molar-refractivity contribution in [3.8, 4) is 11.6 Å². The number of nitrogens with zero attached hydrogens (tertiary/aromatic N) is 2. The van der Waals surface area contributed by atoms with Crippen LogP contribution in [0.1, 0.15) is 10.5 Å². The standard InChI is InChI=1S/C14H14N2O4/c1-18-14(17)12-9-16-13(10-15-12)20-8-7-19-11-5-3-2-4-6-11/h2-6,9-10H,7-8H2,1H3. The molecule has 6 nitrogen and oxygen atoms in total. The quantitative estimate of drug-likeness (QED) is 0.590. The van der Waals surface area contributed by atoms with Gasteiger partial charge in [-0.05, 0) is 12.1 Å². The van der Waals surface area contributed by atoms with Crippen LogP contribution >= 0.6 is 0 Å². The number of esters is 1. The molecule has 1 aromatic heterocycles. The number of methoxy groups -OCH3 is 1. The first-order chi connectivity index (χ1) is 9.79. The van der Waals surface area contributed by atoms with Crippen LogP contribution in [0.2, 0.25) is 0 Å². The van der Waals surface area contributed by atoms with Crippen LogP contribution in [-0.4, -0.2) is 36.3 Å². The number of aromatic nitrogens is 2. The second-order valence-electron chi connectivity index (χ2n) is 3.74. The molecular formula is C14H14N2O4. The Morgan fingerprint density at radius 3 is 2.45 bits per heavy atom. The number of para-hydroxylation sites is 1. The molecule has 0 atom stereocenters. The van der Waals surface area contributed by atoms with Crippen molar-refractivity contribution < 1.29 is 19.0 Å². The molecular weight excluding hydrogens is 260 g/mol. The molecule has 0 bridgehead atoms. The predicted molar refractivity (Wildman–Crippen MR) is 70.8 cm³/mol. The Morgan fingerprint density at radius 2 is 1.80 bits per heavy atom. The van der Waals surface area contributed by atoms with Gasteiger partial charge in [-0.1, -0.05) is 18.2 Å². The van der Waals surface area contributed by atoms with E-state index in [2.05, 4.69) is 14.7 Å². The summed E-state index contributed by atoms with van der Waals surface area (Å²) in [7, 11) is 1.29. The minimum absolute atomic E-state index is 0.139. The Morgan fingerprint density at radius 1 is 1.05 bits per heavy atom. The fourth-order valence-electron chi connectivity index (χ4n) is 1.42. The fraction of sp³-hybridized carbons (Fsp3) is 0.214. The van der Waals surface area contributed by atoms with Crippen LogP contribution in [0.25, 0.3) is 0 Å². The predicted octanol–water partition coefficient (Wildman–Crippen LogP) is 1.72. The summed E-state index contributed by atoms with van der Waals surface area (Å²) in [4.78, 5) is 19.0. The molecule has 0 amide bonds. The topological polar surface area (TPSA) is 70.5 Å². The Labute approximate surface area is 116 Å². The molecule has 104 valence electrons. The molecule has 0 aliphatic rings. The van der Waals surface area contributed by atoms with Gasteiger partial charge in [0.05, 0.1) is 19.5 Å². The molecule has 1 aromatic carbocycles. The van der Waals surface area contributed by atoms with Crippen molar-refractivity contribution >= 4 is 5.97 Å². The summed E-state index contributed by atoms with van der Waals surface area (Å²) >= 11 is 0. The molecule has 0 saturated heterocycles. The average Bonchev–Trinajstić information content (AvgIpc) is 2.52. The van der Waals surface area contributed by atoms with Crippen LogP contribution in [-0.2, 0) is 4.74 Å². The molecule has 0 unspecified atom stereocenters. The van der Waals surface area contributed by atoms with Gasteiger partial charge in [0.15, 0.2) is 5.69 Å². The largest absolute Gasteiger partial charge is 0.490 e. The summed E-state index contributed by atoms with van der Waals surface area (Å²) in [5, 5.41) is 0. The zero-order chi connectivity index (χ0) is 14.2. The minimum Gasteiger partial charge on any atom is -0.490 e. The van der Waals surface area contributed by atoms with E-state index in [1.807, 2.05) is 30.3 Å². The number of benzene rings is 1. The average molecular weight is 274 g/mol. The molecule has 2 rings (SSSR count). The van der Waals surface area contributed by atoms with E-state index < -0.39 is 5.97 Å². The first-order valence-corrected chi connectivity index (χ1v) is 6.00. The highest BCUT2D eigenvalue weighted by atomic mass is 16.5. The third-order valence-corrected chi connectivity index (χ3v) is 2.37. The van der Waals surface area contributed by atoms with E-state index in [-0.39, 0.29) is 5.69 Å². The van der Waals surface area contributed by atoms with Crippen LogP contribution in [0, 0.1) is 0 Å². The highest BCUT2D eigenvalue weighted by Crippen LogP contribution is 2.08. The van der Waals surface area contributed by atoms with E-state index in [1.54, 1.807) is 0 Å². The van der Waals surface area contributed by atoms with Crippen molar-refractivity contribution in [1.29, 1.82) is 0 Å². The van der Waals surface area contributed by atoms with Gasteiger partial charge in [-0.3, -0.25) is 0 Å². The van der Waals surface area contributed by atoms with Crippen LogP contribution in [0.3, 0.4) is 0 Å². The summed E-state index contributed by atoms with van der Waals surface area (Å²) < 4.78 is 15.3. The zero-order valence-corrected chi connectivity index (χ0v) is 11.0. The lowest BCUT2D eigenvalue weighted by Crippen LogP contribution is -2.11. The van der Waals surface area contributed by atoms with Crippen molar-refractivity contribution in [1.82, 2.24) is 9.97 Å². The third-order valence-electron chi connectivity index (χ3n) is 2.37. The molecule has 0 radical (unpaired) electrons. The maximum absolute atomic E-state index is 11.2. The molecule has 0 spiro atoms. The Kier molecular flexibility index (Phi) is 4.88. The highest BCUT2D eigenvalue weighted by molar-refractivity contribution is 5.86. The van der Waals surface area contributed by atoms with Gasteiger partial charge in [-0.2, -0.15) is 0 Å². The molecule has 0 aliphatic carbocycles. The van der Waals surface area contributed by atoms with Crippen molar-refractivity contribution in [3.63, 3.8) is 0 Å². The fourth-order valence-corrected chi connectivity index (χ4v) is 1.42. The normalized spacial score (nSPS) is 9.85. The first kappa shape index (κ1) is 13.8. The van der Waals surface area contributed by atoms with Gasteiger partial charge in [0.1, 0.15) is 19.0 Å². The van der Waals surface area contributed by atoms with Crippen LogP contribution in [0.5, 0.6) is 11.6 Å². The Balaban J connectivity index is 1.75. The van der Waals surface area contributed by atoms with Crippen LogP contribution in [0.4, 0.5) is 0 Å². The summed E-state index contributed by atoms with van der Waals surface area (Å²) in [6, 6.07) is 9.44. The SMILES string of the molecule is COC(=O)c1cnc(OCCOc2ccccc2)cn1. The van der Waals surface area contributed by atoms with Crippen LogP contribution in [0.15, 0.2) is 42.7 Å². The minimum atomic E-state index is -0.531. The number of ether oxygens (including phenoxy) is 3. The van der Waals surface area contributed by atoms with E-state index in [4.69, 9.17) is 9.47 Å². The summed E-state index contributed by atoms with van der Waals surface area (Å²) in [5.74, 6) is 0.578. The van der Waals surface area contributed by atoms with Gasteiger partial charge in [0.2, 0.25) is 5.88 Å². The van der Waals surface area contributed by atoms with Gasteiger partial charge in [-0.15, -0.1) is 0 Å². The molecule has 0 N–H and O–H groups in total. The summed E-state index contributed by atoms with van der Waals surface area (Å²) in [6.45, 7) is 0.728. The number of carbonyl (C=O) groups is 1. The molecule has 6 heteroatoms. The van der Waals surface area contributed by atoms with Crippen molar-refractivity contribution in [2.24, 2.45) is 0 Å². The third kappa shape index (κ3) is 3.94. The number of rotatable bonds is 6. The van der Waals surface area contributed by atoms with Gasteiger partial charge in [0, 0.05) is 0 Å². The molecule has 0 fully saturated rings. The molecule has 0 saturated carbocycles. The number of carbonyl (C=O) groups excluding carboxylic acids is 1. The lowest BCUT2D eigenvalue weighted by molar-refractivity contribution is 0.0593. The maximum atomic E-state index is 11.2. The Bertz CT molecular complexity index is 543. The van der Waals surface area contributed by atoms with Gasteiger partial charge in [0.25, 0.3) is 0 Å². The number of hydrogen-bond acceptors (Lipinski definition) is 6. The van der Waals surface area contributed by atoms with Crippen molar-refractivity contribution in [2.45, 2.75) is 0 Å². The summed E-state index contributed by atoms with van der Waals surface area (Å²) in [6.07, 6.45) is 2.67. The first-order valence-electron chi connectivity index (χ1n) is 6.00. The lowest BCUT2D eigenvalue weighted by Gasteiger charge is -2.07. The molecule has 2 aromatic rings. The van der Waals surface area contributed by atoms with Gasteiger partial charge >= 0.3 is 5.97 Å². The van der Waals surface area contributed by atoms with E-state index >= 15 is 0 Å². The monoisotopic (exact) mass is 274 g/mol. The zero-order valence-electron chi connectivity index (χ0n) is 11.0. The van der Waals surface area contributed by atoms with Crippen molar-refractivity contribution in [2.75, 3.05) is 20.3 Å². The van der Waals surface area contributed by atoms with Gasteiger partial charge < -0.3 is 14.2 Å².